The lowest BCUT2D eigenvalue weighted by Gasteiger charge is -2.09. The second-order valence-electron chi connectivity index (χ2n) is 3.83. The van der Waals surface area contributed by atoms with Gasteiger partial charge in [-0.2, -0.15) is 13.2 Å². The van der Waals surface area contributed by atoms with Gasteiger partial charge >= 0.3 is 12.1 Å². The molecule has 1 aliphatic carbocycles. The van der Waals surface area contributed by atoms with Crippen LogP contribution in [0.4, 0.5) is 13.2 Å². The number of ether oxygens (including phenoxy) is 1. The molecule has 1 aromatic rings. The minimum atomic E-state index is -4.51. The van der Waals surface area contributed by atoms with Crippen molar-refractivity contribution in [1.82, 2.24) is 4.98 Å². The Kier molecular flexibility index (Phi) is 3.30. The second kappa shape index (κ2) is 4.61. The molecule has 0 aromatic carbocycles. The number of alkyl halides is 3. The number of esters is 1. The van der Waals surface area contributed by atoms with Crippen molar-refractivity contribution in [3.8, 4) is 12.3 Å². The number of aromatic nitrogens is 1. The van der Waals surface area contributed by atoms with Gasteiger partial charge in [-0.1, -0.05) is 5.92 Å². The Morgan fingerprint density at radius 1 is 1.61 bits per heavy atom. The number of hydrogen-bond acceptors (Lipinski definition) is 4. The number of carbonyl (C=O) groups excluding carboxylic acids is 1. The van der Waals surface area contributed by atoms with Gasteiger partial charge in [-0.3, -0.25) is 4.79 Å². The van der Waals surface area contributed by atoms with Crippen LogP contribution in [0.15, 0.2) is 5.38 Å². The van der Waals surface area contributed by atoms with Crippen molar-refractivity contribution < 1.29 is 22.7 Å². The molecule has 1 aliphatic rings. The Bertz CT molecular complexity index is 499. The Hall–Kier alpha value is -1.55. The van der Waals surface area contributed by atoms with Crippen LogP contribution in [-0.2, 0) is 15.7 Å². The smallest absolute Gasteiger partial charge is 0.442 e. The zero-order valence-electron chi connectivity index (χ0n) is 9.03. The zero-order chi connectivity index (χ0) is 13.3. The van der Waals surface area contributed by atoms with Crippen LogP contribution in [0.1, 0.15) is 29.6 Å². The molecule has 0 N–H and O–H groups in total. The molecule has 1 atom stereocenters. The first kappa shape index (κ1) is 12.9. The Balaban J connectivity index is 2.10. The average molecular weight is 275 g/mol. The lowest BCUT2D eigenvalue weighted by atomic mass is 10.3. The molecule has 1 unspecified atom stereocenters. The Labute approximate surface area is 105 Å². The topological polar surface area (TPSA) is 39.2 Å². The van der Waals surface area contributed by atoms with E-state index in [-0.39, 0.29) is 11.6 Å². The van der Waals surface area contributed by atoms with Crippen molar-refractivity contribution in [3.63, 3.8) is 0 Å². The predicted octanol–water partition coefficient (Wildman–Crippen LogP) is 2.79. The summed E-state index contributed by atoms with van der Waals surface area (Å²) in [7, 11) is 0. The van der Waals surface area contributed by atoms with Crippen molar-refractivity contribution in [1.29, 1.82) is 0 Å². The van der Waals surface area contributed by atoms with Crippen LogP contribution in [0.25, 0.3) is 0 Å². The fourth-order valence-corrected chi connectivity index (χ4v) is 1.95. The van der Waals surface area contributed by atoms with Gasteiger partial charge in [0.1, 0.15) is 5.69 Å². The van der Waals surface area contributed by atoms with Crippen LogP contribution in [-0.4, -0.2) is 11.0 Å². The molecule has 96 valence electrons. The van der Waals surface area contributed by atoms with E-state index in [0.717, 1.165) is 18.2 Å². The van der Waals surface area contributed by atoms with Crippen LogP contribution in [0.3, 0.4) is 0 Å². The highest BCUT2D eigenvalue weighted by Gasteiger charge is 2.37. The van der Waals surface area contributed by atoms with Gasteiger partial charge in [-0.25, -0.2) is 4.98 Å². The van der Waals surface area contributed by atoms with E-state index in [0.29, 0.717) is 11.3 Å². The highest BCUT2D eigenvalue weighted by molar-refractivity contribution is 7.09. The third-order valence-corrected chi connectivity index (χ3v) is 3.23. The maximum atomic E-state index is 12.4. The average Bonchev–Trinajstić information content (AvgIpc) is 3.02. The first-order valence-electron chi connectivity index (χ1n) is 5.11. The molecule has 1 aromatic heterocycles. The summed E-state index contributed by atoms with van der Waals surface area (Å²) >= 11 is 0.428. The molecule has 1 saturated carbocycles. The van der Waals surface area contributed by atoms with E-state index in [1.165, 1.54) is 0 Å². The Morgan fingerprint density at radius 2 is 2.28 bits per heavy atom. The van der Waals surface area contributed by atoms with Crippen LogP contribution < -0.4 is 0 Å². The van der Waals surface area contributed by atoms with Crippen LogP contribution in [0.5, 0.6) is 0 Å². The lowest BCUT2D eigenvalue weighted by molar-refractivity contribution is -0.148. The molecular weight excluding hydrogens is 267 g/mol. The number of thiazole rings is 1. The molecule has 0 saturated heterocycles. The van der Waals surface area contributed by atoms with Crippen LogP contribution >= 0.6 is 11.3 Å². The molecule has 3 nitrogen and oxygen atoms in total. The van der Waals surface area contributed by atoms with E-state index >= 15 is 0 Å². The fraction of sp³-hybridized carbons (Fsp3) is 0.455. The SMILES string of the molecule is C#CC(OC(=O)C1CC1)c1csc(C(F)(F)F)n1. The summed E-state index contributed by atoms with van der Waals surface area (Å²) in [5.74, 6) is 1.49. The van der Waals surface area contributed by atoms with Gasteiger partial charge in [0, 0.05) is 5.38 Å². The third-order valence-electron chi connectivity index (χ3n) is 2.33. The molecule has 1 heterocycles. The number of hydrogen-bond donors (Lipinski definition) is 0. The first-order valence-corrected chi connectivity index (χ1v) is 5.99. The summed E-state index contributed by atoms with van der Waals surface area (Å²) in [6.45, 7) is 0. The van der Waals surface area contributed by atoms with Crippen molar-refractivity contribution in [2.45, 2.75) is 25.1 Å². The molecule has 1 fully saturated rings. The fourth-order valence-electron chi connectivity index (χ4n) is 1.25. The largest absolute Gasteiger partial charge is 0.443 e. The second-order valence-corrected chi connectivity index (χ2v) is 4.69. The number of halogens is 3. The van der Waals surface area contributed by atoms with Crippen molar-refractivity contribution in [3.05, 3.63) is 16.1 Å². The summed E-state index contributed by atoms with van der Waals surface area (Å²) in [6, 6.07) is 0. The quantitative estimate of drug-likeness (QED) is 0.629. The van der Waals surface area contributed by atoms with Crippen LogP contribution in [0.2, 0.25) is 0 Å². The Morgan fingerprint density at radius 3 is 2.72 bits per heavy atom. The van der Waals surface area contributed by atoms with Gasteiger partial charge in [0.15, 0.2) is 5.01 Å². The van der Waals surface area contributed by atoms with E-state index in [9.17, 15) is 18.0 Å². The van der Waals surface area contributed by atoms with Gasteiger partial charge in [-0.15, -0.1) is 17.8 Å². The number of carbonyl (C=O) groups is 1. The van der Waals surface area contributed by atoms with Crippen molar-refractivity contribution in [2.24, 2.45) is 5.92 Å². The molecule has 18 heavy (non-hydrogen) atoms. The zero-order valence-corrected chi connectivity index (χ0v) is 9.85. The van der Waals surface area contributed by atoms with E-state index in [2.05, 4.69) is 10.9 Å². The van der Waals surface area contributed by atoms with E-state index < -0.39 is 23.3 Å². The summed E-state index contributed by atoms with van der Waals surface area (Å²) in [6.07, 6.45) is 0.963. The summed E-state index contributed by atoms with van der Waals surface area (Å²) in [5, 5.41) is 0.160. The van der Waals surface area contributed by atoms with E-state index in [4.69, 9.17) is 11.2 Å². The van der Waals surface area contributed by atoms with Gasteiger partial charge < -0.3 is 4.74 Å². The molecule has 7 heteroatoms. The van der Waals surface area contributed by atoms with E-state index in [1.807, 2.05) is 0 Å². The molecule has 0 spiro atoms. The summed E-state index contributed by atoms with van der Waals surface area (Å²) in [5.41, 5.74) is -0.0520. The highest BCUT2D eigenvalue weighted by Crippen LogP contribution is 2.35. The summed E-state index contributed by atoms with van der Waals surface area (Å²) in [4.78, 5) is 14.7. The summed E-state index contributed by atoms with van der Waals surface area (Å²) < 4.78 is 42.0. The van der Waals surface area contributed by atoms with Gasteiger partial charge in [0.25, 0.3) is 0 Å². The third kappa shape index (κ3) is 2.82. The molecule has 0 radical (unpaired) electrons. The number of terminal acetylenes is 1. The molecule has 0 amide bonds. The molecular formula is C11H8F3NO2S. The highest BCUT2D eigenvalue weighted by atomic mass is 32.1. The first-order chi connectivity index (χ1) is 8.41. The maximum absolute atomic E-state index is 12.4. The number of rotatable bonds is 3. The lowest BCUT2D eigenvalue weighted by Crippen LogP contribution is -2.12. The monoisotopic (exact) mass is 275 g/mol. The van der Waals surface area contributed by atoms with Gasteiger partial charge in [-0.05, 0) is 12.8 Å². The minimum Gasteiger partial charge on any atom is -0.442 e. The number of nitrogens with zero attached hydrogens (tertiary/aromatic N) is 1. The van der Waals surface area contributed by atoms with Gasteiger partial charge in [0.2, 0.25) is 6.10 Å². The minimum absolute atomic E-state index is 0.0520. The normalized spacial score (nSPS) is 17.0. The maximum Gasteiger partial charge on any atom is 0.443 e. The molecule has 0 aliphatic heterocycles. The predicted molar refractivity (Wildman–Crippen MR) is 57.5 cm³/mol. The molecule has 2 rings (SSSR count). The standard InChI is InChI=1S/C11H8F3NO2S/c1-2-8(17-9(16)6-3-4-6)7-5-18-10(15-7)11(12,13)14/h1,5-6,8H,3-4H2. The van der Waals surface area contributed by atoms with Gasteiger partial charge in [0.05, 0.1) is 5.92 Å². The van der Waals surface area contributed by atoms with E-state index in [1.54, 1.807) is 0 Å². The van der Waals surface area contributed by atoms with Crippen LogP contribution in [0, 0.1) is 18.3 Å². The molecule has 0 bridgehead atoms. The van der Waals surface area contributed by atoms with Crippen molar-refractivity contribution in [2.75, 3.05) is 0 Å². The van der Waals surface area contributed by atoms with Crippen molar-refractivity contribution >= 4 is 17.3 Å².